The molecule has 4 aromatic carbocycles. The van der Waals surface area contributed by atoms with Crippen LogP contribution in [-0.2, 0) is 47.4 Å². The third kappa shape index (κ3) is 11.5. The summed E-state index contributed by atoms with van der Waals surface area (Å²) in [4.78, 5) is 2.43. The molecule has 0 atom stereocenters. The number of hydrogen-bond donors (Lipinski definition) is 0. The molecule has 6 heterocycles. The van der Waals surface area contributed by atoms with Gasteiger partial charge in [0.15, 0.2) is 0 Å². The Kier molecular flexibility index (Phi) is 15.5. The van der Waals surface area contributed by atoms with Crippen LogP contribution in [0.4, 0.5) is 13.2 Å². The van der Waals surface area contributed by atoms with Crippen LogP contribution in [0.3, 0.4) is 0 Å². The van der Waals surface area contributed by atoms with Crippen molar-refractivity contribution in [2.45, 2.75) is 182 Å². The maximum Gasteiger partial charge on any atom is 0.534 e. The first-order valence-corrected chi connectivity index (χ1v) is 28.9. The molecule has 4 aliphatic rings. The highest BCUT2D eigenvalue weighted by Crippen LogP contribution is 2.45. The Morgan fingerprint density at radius 1 is 0.455 bits per heavy atom. The number of thiophene rings is 2. The minimum atomic E-state index is -5.66. The van der Waals surface area contributed by atoms with E-state index in [0.717, 1.165) is 42.6 Å². The maximum atomic E-state index is 12.4. The predicted octanol–water partition coefficient (Wildman–Crippen LogP) is 13.1. The molecule has 4 fully saturated rings. The molecule has 0 unspecified atom stereocenters. The van der Waals surface area contributed by atoms with Gasteiger partial charge >= 0.3 is 43.9 Å². The fourth-order valence-electron chi connectivity index (χ4n) is 8.97. The number of hydrogen-bond acceptors (Lipinski definition) is 13. The lowest BCUT2D eigenvalue weighted by atomic mass is 9.49. The van der Waals surface area contributed by atoms with Crippen LogP contribution in [0.25, 0.3) is 42.4 Å². The van der Waals surface area contributed by atoms with Crippen molar-refractivity contribution in [3.63, 3.8) is 0 Å². The van der Waals surface area contributed by atoms with Crippen LogP contribution in [0.1, 0.15) is 126 Å². The van der Waals surface area contributed by atoms with Gasteiger partial charge in [-0.2, -0.15) is 21.6 Å². The van der Waals surface area contributed by atoms with Crippen molar-refractivity contribution >= 4 is 92.1 Å². The largest absolute Gasteiger partial charge is 0.534 e. The first-order chi connectivity index (χ1) is 35.2. The van der Waals surface area contributed by atoms with E-state index in [9.17, 15) is 21.6 Å². The smallest absolute Gasteiger partial charge is 0.405 e. The SMILES string of the molecule is CC1(C)OB(B2OC(C)(C)C(C)(C)O2)OC1(C)C.Cc1cc2c(-c3ccc(B4OC(C)(C)C(C)(C)O4)cc3)ccc(B3OC(C)(C)C(C)(C)O3)c2s1.Cc1cc2c(-c3ccc(OS(=O)(=O)C(F)(F)F)cc3)ccc(C)c2s1. The average molecular weight is 1120 g/mol. The highest BCUT2D eigenvalue weighted by Gasteiger charge is 2.64. The average Bonchev–Trinajstić information content (AvgIpc) is 4.08. The lowest BCUT2D eigenvalue weighted by Gasteiger charge is -2.32. The van der Waals surface area contributed by atoms with Gasteiger partial charge in [-0.1, -0.05) is 60.7 Å². The van der Waals surface area contributed by atoms with E-state index >= 15 is 0 Å². The van der Waals surface area contributed by atoms with Crippen molar-refractivity contribution < 1.29 is 63.0 Å². The Labute approximate surface area is 462 Å². The molecule has 10 rings (SSSR count). The van der Waals surface area contributed by atoms with Crippen LogP contribution in [0, 0.1) is 20.8 Å². The van der Waals surface area contributed by atoms with Crippen molar-refractivity contribution in [1.82, 2.24) is 0 Å². The summed E-state index contributed by atoms with van der Waals surface area (Å²) >= 11 is 3.47. The summed E-state index contributed by atoms with van der Waals surface area (Å²) in [6.07, 6.45) is 0. The molecule has 0 spiro atoms. The molecular weight excluding hydrogens is 1050 g/mol. The van der Waals surface area contributed by atoms with Gasteiger partial charge in [-0.15, -0.1) is 22.7 Å². The van der Waals surface area contributed by atoms with Crippen molar-refractivity contribution in [3.8, 4) is 28.0 Å². The molecule has 4 aliphatic heterocycles. The Hall–Kier alpha value is -3.72. The Bertz CT molecular complexity index is 3180. The van der Waals surface area contributed by atoms with Gasteiger partial charge in [0.2, 0.25) is 0 Å². The Balaban J connectivity index is 0.000000161. The molecule has 0 N–H and O–H groups in total. The normalized spacial score (nSPS) is 21.5. The van der Waals surface area contributed by atoms with E-state index in [1.54, 1.807) is 34.8 Å². The number of alkyl halides is 3. The number of aryl methyl sites for hydroxylation is 3. The lowest BCUT2D eigenvalue weighted by Crippen LogP contribution is -2.41. The van der Waals surface area contributed by atoms with E-state index in [0.29, 0.717) is 0 Å². The van der Waals surface area contributed by atoms with E-state index < -0.39 is 29.6 Å². The molecule has 0 saturated carbocycles. The molecular formula is C56H71B4F3O11S3. The topological polar surface area (TPSA) is 117 Å². The summed E-state index contributed by atoms with van der Waals surface area (Å²) in [6.45, 7) is 39.1. The van der Waals surface area contributed by atoms with Crippen LogP contribution >= 0.6 is 22.7 Å². The van der Waals surface area contributed by atoms with Crippen molar-refractivity contribution in [3.05, 3.63) is 100 Å². The first-order valence-electron chi connectivity index (χ1n) is 25.8. The molecule has 77 heavy (non-hydrogen) atoms. The van der Waals surface area contributed by atoms with Crippen molar-refractivity contribution in [1.29, 1.82) is 0 Å². The van der Waals surface area contributed by atoms with Gasteiger partial charge in [0, 0.05) is 35.4 Å². The summed E-state index contributed by atoms with van der Waals surface area (Å²) in [7, 11) is -7.34. The highest BCUT2D eigenvalue weighted by molar-refractivity contribution is 7.88. The van der Waals surface area contributed by atoms with Crippen LogP contribution in [0.15, 0.2) is 84.9 Å². The summed E-state index contributed by atoms with van der Waals surface area (Å²) in [5, 5.41) is 2.29. The number of rotatable bonds is 7. The minimum absolute atomic E-state index is 0.347. The third-order valence-electron chi connectivity index (χ3n) is 16.5. The zero-order chi connectivity index (χ0) is 57.1. The van der Waals surface area contributed by atoms with E-state index in [-0.39, 0.29) is 64.8 Å². The Morgan fingerprint density at radius 3 is 1.22 bits per heavy atom. The molecule has 2 aromatic heterocycles. The fraction of sp³-hybridized carbons (Fsp3) is 0.500. The molecule has 0 aliphatic carbocycles. The van der Waals surface area contributed by atoms with Gasteiger partial charge in [-0.25, -0.2) is 0 Å². The second-order valence-corrected chi connectivity index (χ2v) is 28.4. The van der Waals surface area contributed by atoms with E-state index in [4.69, 9.17) is 37.2 Å². The van der Waals surface area contributed by atoms with Gasteiger partial charge in [-0.05, 0) is 189 Å². The number of fused-ring (bicyclic) bond motifs is 2. The fourth-order valence-corrected chi connectivity index (χ4v) is 11.5. The summed E-state index contributed by atoms with van der Waals surface area (Å²) in [5.41, 5.74) is -0.963. The summed E-state index contributed by atoms with van der Waals surface area (Å²) < 4.78 is 115. The van der Waals surface area contributed by atoms with E-state index in [1.165, 1.54) is 38.2 Å². The number of benzene rings is 4. The predicted molar refractivity (Wildman–Crippen MR) is 308 cm³/mol. The molecule has 412 valence electrons. The highest BCUT2D eigenvalue weighted by atomic mass is 32.2. The van der Waals surface area contributed by atoms with Crippen LogP contribution < -0.4 is 15.1 Å². The Morgan fingerprint density at radius 2 is 0.805 bits per heavy atom. The van der Waals surface area contributed by atoms with Crippen molar-refractivity contribution in [2.24, 2.45) is 0 Å². The van der Waals surface area contributed by atoms with Gasteiger partial charge in [-0.3, -0.25) is 0 Å². The molecule has 4 saturated heterocycles. The van der Waals surface area contributed by atoms with Crippen molar-refractivity contribution in [2.75, 3.05) is 0 Å². The molecule has 6 aromatic rings. The van der Waals surface area contributed by atoms with Crippen LogP contribution in [0.2, 0.25) is 0 Å². The molecule has 0 radical (unpaired) electrons. The summed E-state index contributed by atoms with van der Waals surface area (Å²) in [6, 6.07) is 26.7. The van der Waals surface area contributed by atoms with Crippen LogP contribution in [0.5, 0.6) is 5.75 Å². The first kappa shape index (κ1) is 59.4. The van der Waals surface area contributed by atoms with Gasteiger partial charge < -0.3 is 41.4 Å². The third-order valence-corrected chi connectivity index (χ3v) is 19.8. The van der Waals surface area contributed by atoms with E-state index in [1.807, 2.05) is 81.4 Å². The van der Waals surface area contributed by atoms with Crippen LogP contribution in [-0.4, -0.2) is 87.0 Å². The molecule has 0 bridgehead atoms. The molecule has 21 heteroatoms. The zero-order valence-electron chi connectivity index (χ0n) is 47.7. The second-order valence-electron chi connectivity index (χ2n) is 24.4. The zero-order valence-corrected chi connectivity index (χ0v) is 50.2. The minimum Gasteiger partial charge on any atom is -0.405 e. The molecule has 11 nitrogen and oxygen atoms in total. The lowest BCUT2D eigenvalue weighted by molar-refractivity contribution is -0.0500. The number of halogens is 3. The van der Waals surface area contributed by atoms with Gasteiger partial charge in [0.25, 0.3) is 0 Å². The monoisotopic (exact) mass is 1120 g/mol. The standard InChI is InChI=1S/C27H34B2O4S.C17H13F3O3S2.C12H24B2O4/c1-17-16-21-20(14-15-22(23(21)34-17)29-32-26(6,7)27(8,9)33-29)18-10-12-19(13-11-18)28-30-24(2,3)25(4,5)31-28;1-10-3-8-14(15-9-11(2)24-16(10)15)12-4-6-13(7-5-12)23-25(21,22)17(18,19)20;1-9(2)10(3,4)16-13(15-9)14-17-11(5,6)12(7,8)18-14/h10-16H,1-9H3;3-9H,1-2H3;1-8H3. The molecule has 0 amide bonds. The van der Waals surface area contributed by atoms with E-state index in [2.05, 4.69) is 115 Å². The quantitative estimate of drug-likeness (QED) is 0.0864. The maximum absolute atomic E-state index is 12.4. The van der Waals surface area contributed by atoms with Gasteiger partial charge in [0.1, 0.15) is 5.75 Å². The second kappa shape index (κ2) is 20.1. The van der Waals surface area contributed by atoms with Gasteiger partial charge in [0.05, 0.1) is 44.8 Å². The summed E-state index contributed by atoms with van der Waals surface area (Å²) in [5.74, 6) is -0.383.